The van der Waals surface area contributed by atoms with E-state index in [1.54, 1.807) is 33.5 Å². The zero-order valence-corrected chi connectivity index (χ0v) is 17.0. The number of methoxy groups -OCH3 is 3. The number of Topliss-reactive ketones (excluding diaryl/α,β-unsaturated/α-hetero) is 1. The van der Waals surface area contributed by atoms with Crippen molar-refractivity contribution >= 4 is 11.7 Å². The first-order valence-corrected chi connectivity index (χ1v) is 9.05. The van der Waals surface area contributed by atoms with E-state index in [-0.39, 0.29) is 31.1 Å². The molecule has 1 N–H and O–H groups in total. The van der Waals surface area contributed by atoms with Gasteiger partial charge in [-0.05, 0) is 31.5 Å². The molecule has 2 aromatic rings. The highest BCUT2D eigenvalue weighted by Crippen LogP contribution is 2.34. The number of nitrogens with one attached hydrogen (secondary N) is 1. The van der Waals surface area contributed by atoms with Gasteiger partial charge in [0.2, 0.25) is 5.91 Å². The van der Waals surface area contributed by atoms with E-state index in [2.05, 4.69) is 5.32 Å². The van der Waals surface area contributed by atoms with Crippen molar-refractivity contribution in [1.82, 2.24) is 5.32 Å². The van der Waals surface area contributed by atoms with E-state index in [0.29, 0.717) is 22.8 Å². The Morgan fingerprint density at radius 3 is 2.14 bits per heavy atom. The second-order valence-corrected chi connectivity index (χ2v) is 6.54. The van der Waals surface area contributed by atoms with E-state index in [0.717, 1.165) is 16.7 Å². The summed E-state index contributed by atoms with van der Waals surface area (Å²) in [5.41, 5.74) is 3.38. The van der Waals surface area contributed by atoms with Crippen LogP contribution in [0.5, 0.6) is 17.2 Å². The molecule has 0 fully saturated rings. The predicted molar refractivity (Wildman–Crippen MR) is 107 cm³/mol. The van der Waals surface area contributed by atoms with Crippen molar-refractivity contribution in [2.75, 3.05) is 21.3 Å². The Hall–Kier alpha value is -3.02. The summed E-state index contributed by atoms with van der Waals surface area (Å²) in [7, 11) is 4.65. The Bertz CT molecular complexity index is 860. The molecule has 0 aliphatic carbocycles. The van der Waals surface area contributed by atoms with Gasteiger partial charge in [-0.2, -0.15) is 0 Å². The summed E-state index contributed by atoms with van der Waals surface area (Å²) in [6.07, 6.45) is 0.293. The highest BCUT2D eigenvalue weighted by atomic mass is 16.5. The van der Waals surface area contributed by atoms with Crippen LogP contribution >= 0.6 is 0 Å². The van der Waals surface area contributed by atoms with Gasteiger partial charge in [-0.3, -0.25) is 9.59 Å². The summed E-state index contributed by atoms with van der Waals surface area (Å²) in [4.78, 5) is 24.6. The highest BCUT2D eigenvalue weighted by molar-refractivity contribution is 5.99. The van der Waals surface area contributed by atoms with Crippen LogP contribution in [0.4, 0.5) is 0 Å². The number of rotatable bonds is 9. The number of carbonyl (C=O) groups is 2. The summed E-state index contributed by atoms with van der Waals surface area (Å²) in [5, 5.41) is 2.83. The van der Waals surface area contributed by atoms with Gasteiger partial charge in [-0.15, -0.1) is 0 Å². The molecule has 2 rings (SSSR count). The van der Waals surface area contributed by atoms with E-state index in [4.69, 9.17) is 14.2 Å². The molecule has 28 heavy (non-hydrogen) atoms. The van der Waals surface area contributed by atoms with E-state index in [9.17, 15) is 9.59 Å². The van der Waals surface area contributed by atoms with E-state index >= 15 is 0 Å². The van der Waals surface area contributed by atoms with E-state index in [1.807, 2.05) is 32.0 Å². The normalized spacial score (nSPS) is 10.3. The molecule has 0 saturated heterocycles. The third kappa shape index (κ3) is 5.25. The molecule has 0 unspecified atom stereocenters. The van der Waals surface area contributed by atoms with Crippen LogP contribution in [0, 0.1) is 13.8 Å². The van der Waals surface area contributed by atoms with Crippen molar-refractivity contribution in [1.29, 1.82) is 0 Å². The van der Waals surface area contributed by atoms with Gasteiger partial charge in [0.15, 0.2) is 17.3 Å². The van der Waals surface area contributed by atoms with Crippen LogP contribution < -0.4 is 19.5 Å². The van der Waals surface area contributed by atoms with Gasteiger partial charge < -0.3 is 19.5 Å². The number of ketones is 1. The lowest BCUT2D eigenvalue weighted by molar-refractivity contribution is -0.121. The zero-order chi connectivity index (χ0) is 20.7. The number of benzene rings is 2. The molecular formula is C22H27NO5. The molecule has 0 bridgehead atoms. The Labute approximate surface area is 165 Å². The number of hydrogen-bond donors (Lipinski definition) is 1. The van der Waals surface area contributed by atoms with Crippen LogP contribution in [0.1, 0.15) is 39.9 Å². The minimum Gasteiger partial charge on any atom is -0.496 e. The Morgan fingerprint density at radius 2 is 1.50 bits per heavy atom. The van der Waals surface area contributed by atoms with Crippen molar-refractivity contribution in [3.8, 4) is 17.2 Å². The van der Waals surface area contributed by atoms with Crippen molar-refractivity contribution in [2.45, 2.75) is 33.2 Å². The topological polar surface area (TPSA) is 73.9 Å². The average molecular weight is 385 g/mol. The Balaban J connectivity index is 1.97. The molecule has 0 aliphatic rings. The third-order valence-corrected chi connectivity index (χ3v) is 4.54. The number of aryl methyl sites for hydroxylation is 2. The van der Waals surface area contributed by atoms with E-state index < -0.39 is 0 Å². The van der Waals surface area contributed by atoms with Gasteiger partial charge in [0.1, 0.15) is 5.75 Å². The SMILES string of the molecule is COc1cc(OC)c(OC)cc1CNC(=O)CCC(=O)c1cc(C)ccc1C. The molecule has 0 saturated carbocycles. The average Bonchev–Trinajstić information content (AvgIpc) is 2.71. The number of ether oxygens (including phenoxy) is 3. The van der Waals surface area contributed by atoms with Crippen molar-refractivity contribution in [3.05, 3.63) is 52.6 Å². The lowest BCUT2D eigenvalue weighted by Crippen LogP contribution is -2.23. The fraction of sp³-hybridized carbons (Fsp3) is 0.364. The standard InChI is InChI=1S/C22H27NO5/c1-14-6-7-15(2)17(10-14)18(24)8-9-22(25)23-13-16-11-20(27-4)21(28-5)12-19(16)26-3/h6-7,10-12H,8-9,13H2,1-5H3,(H,23,25). The minimum absolute atomic E-state index is 0.0277. The lowest BCUT2D eigenvalue weighted by Gasteiger charge is -2.14. The second kappa shape index (κ2) is 9.78. The lowest BCUT2D eigenvalue weighted by atomic mass is 9.99. The van der Waals surface area contributed by atoms with Crippen molar-refractivity contribution in [3.63, 3.8) is 0 Å². The minimum atomic E-state index is -0.199. The molecule has 2 aromatic carbocycles. The van der Waals surface area contributed by atoms with Crippen molar-refractivity contribution in [2.24, 2.45) is 0 Å². The molecule has 0 atom stereocenters. The molecule has 1 amide bonds. The molecule has 6 nitrogen and oxygen atoms in total. The van der Waals surface area contributed by atoms with Crippen LogP contribution in [-0.2, 0) is 11.3 Å². The quantitative estimate of drug-likeness (QED) is 0.668. The summed E-state index contributed by atoms with van der Waals surface area (Å²) in [6, 6.07) is 9.23. The number of hydrogen-bond acceptors (Lipinski definition) is 5. The molecule has 0 radical (unpaired) electrons. The molecular weight excluding hydrogens is 358 g/mol. The highest BCUT2D eigenvalue weighted by Gasteiger charge is 2.14. The van der Waals surface area contributed by atoms with Crippen LogP contribution in [0.3, 0.4) is 0 Å². The Morgan fingerprint density at radius 1 is 0.857 bits per heavy atom. The third-order valence-electron chi connectivity index (χ3n) is 4.54. The smallest absolute Gasteiger partial charge is 0.220 e. The molecule has 0 aliphatic heterocycles. The fourth-order valence-corrected chi connectivity index (χ4v) is 2.91. The van der Waals surface area contributed by atoms with Crippen LogP contribution in [0.25, 0.3) is 0 Å². The number of carbonyl (C=O) groups excluding carboxylic acids is 2. The first-order valence-electron chi connectivity index (χ1n) is 9.05. The van der Waals surface area contributed by atoms with Gasteiger partial charge in [0, 0.05) is 36.6 Å². The largest absolute Gasteiger partial charge is 0.496 e. The van der Waals surface area contributed by atoms with Crippen molar-refractivity contribution < 1.29 is 23.8 Å². The van der Waals surface area contributed by atoms with Gasteiger partial charge >= 0.3 is 0 Å². The monoisotopic (exact) mass is 385 g/mol. The van der Waals surface area contributed by atoms with Gasteiger partial charge in [-0.1, -0.05) is 17.7 Å². The number of amides is 1. The molecule has 0 aromatic heterocycles. The zero-order valence-electron chi connectivity index (χ0n) is 17.0. The van der Waals surface area contributed by atoms with Gasteiger partial charge in [-0.25, -0.2) is 0 Å². The summed E-state index contributed by atoms with van der Waals surface area (Å²) < 4.78 is 15.9. The molecule has 0 heterocycles. The van der Waals surface area contributed by atoms with Gasteiger partial charge in [0.05, 0.1) is 21.3 Å². The fourth-order valence-electron chi connectivity index (χ4n) is 2.91. The van der Waals surface area contributed by atoms with Crippen LogP contribution in [0.15, 0.2) is 30.3 Å². The first-order chi connectivity index (χ1) is 13.4. The summed E-state index contributed by atoms with van der Waals surface area (Å²) in [5.74, 6) is 1.46. The summed E-state index contributed by atoms with van der Waals surface area (Å²) >= 11 is 0. The molecule has 6 heteroatoms. The van der Waals surface area contributed by atoms with E-state index in [1.165, 1.54) is 0 Å². The maximum Gasteiger partial charge on any atom is 0.220 e. The predicted octanol–water partition coefficient (Wildman–Crippen LogP) is 3.61. The second-order valence-electron chi connectivity index (χ2n) is 6.54. The van der Waals surface area contributed by atoms with Crippen LogP contribution in [0.2, 0.25) is 0 Å². The van der Waals surface area contributed by atoms with Crippen LogP contribution in [-0.4, -0.2) is 33.0 Å². The Kier molecular flexibility index (Phi) is 7.44. The first kappa shape index (κ1) is 21.3. The maximum atomic E-state index is 12.4. The molecule has 150 valence electrons. The molecule has 0 spiro atoms. The summed E-state index contributed by atoms with van der Waals surface area (Å²) in [6.45, 7) is 4.11. The maximum absolute atomic E-state index is 12.4. The van der Waals surface area contributed by atoms with Gasteiger partial charge in [0.25, 0.3) is 0 Å².